The molecule has 150 valence electrons. The van der Waals surface area contributed by atoms with E-state index < -0.39 is 0 Å². The molecule has 0 radical (unpaired) electrons. The third kappa shape index (κ3) is 8.43. The van der Waals surface area contributed by atoms with Gasteiger partial charge in [0.15, 0.2) is 0 Å². The topological polar surface area (TPSA) is 12.0 Å². The third-order valence-corrected chi connectivity index (χ3v) is 4.40. The van der Waals surface area contributed by atoms with Crippen LogP contribution in [0, 0.1) is 0 Å². The van der Waals surface area contributed by atoms with Crippen LogP contribution in [0.25, 0.3) is 6.08 Å². The summed E-state index contributed by atoms with van der Waals surface area (Å²) in [5.74, 6) is 0. The van der Waals surface area contributed by atoms with Crippen molar-refractivity contribution in [2.45, 2.75) is 52.4 Å². The van der Waals surface area contributed by atoms with E-state index in [4.69, 9.17) is 0 Å². The van der Waals surface area contributed by atoms with Gasteiger partial charge in [-0.3, -0.25) is 0 Å². The Morgan fingerprint density at radius 1 is 0.750 bits per heavy atom. The second kappa shape index (κ2) is 10.7. The zero-order valence-electron chi connectivity index (χ0n) is 18.7. The van der Waals surface area contributed by atoms with Crippen molar-refractivity contribution in [2.24, 2.45) is 0 Å². The molecule has 1 nitrogen and oxygen atoms in total. The lowest BCUT2D eigenvalue weighted by atomic mass is 9.80. The highest BCUT2D eigenvalue weighted by molar-refractivity contribution is 5.52. The molecule has 0 atom stereocenters. The molecule has 0 saturated heterocycles. The van der Waals surface area contributed by atoms with Crippen LogP contribution in [-0.4, -0.2) is 7.05 Å². The molecule has 0 fully saturated rings. The second-order valence-electron chi connectivity index (χ2n) is 8.94. The van der Waals surface area contributed by atoms with E-state index in [0.717, 1.165) is 0 Å². The Bertz CT molecular complexity index is 749. The van der Waals surface area contributed by atoms with Gasteiger partial charge >= 0.3 is 0 Å². The highest BCUT2D eigenvalue weighted by Crippen LogP contribution is 2.31. The van der Waals surface area contributed by atoms with Crippen molar-refractivity contribution in [1.82, 2.24) is 0 Å². The van der Waals surface area contributed by atoms with Gasteiger partial charge in [0.2, 0.25) is 0 Å². The normalized spacial score (nSPS) is 12.0. The van der Waals surface area contributed by atoms with Gasteiger partial charge in [-0.05, 0) is 39.7 Å². The van der Waals surface area contributed by atoms with Crippen LogP contribution >= 0.6 is 0 Å². The Kier molecular flexibility index (Phi) is 8.99. The standard InChI is InChI=1S/C15H25N.C12H12/c1-14(2,3)11-8-12(15(4,5)6)10-13(9-11)16-7;1-2-3-4-6-9-12-10-7-5-8-11-12/h8-10,16H,1-7H3;2-11H,1H2/b;4-3-,9-6-. The van der Waals surface area contributed by atoms with E-state index in [9.17, 15) is 0 Å². The van der Waals surface area contributed by atoms with Gasteiger partial charge in [-0.25, -0.2) is 0 Å². The lowest BCUT2D eigenvalue weighted by Gasteiger charge is -2.26. The molecule has 2 aromatic carbocycles. The summed E-state index contributed by atoms with van der Waals surface area (Å²) in [6.07, 6.45) is 9.67. The zero-order chi connectivity index (χ0) is 21.2. The van der Waals surface area contributed by atoms with Crippen LogP contribution in [0.2, 0.25) is 0 Å². The minimum absolute atomic E-state index is 0.201. The summed E-state index contributed by atoms with van der Waals surface area (Å²) in [5, 5.41) is 3.25. The van der Waals surface area contributed by atoms with E-state index in [1.165, 1.54) is 22.4 Å². The highest BCUT2D eigenvalue weighted by Gasteiger charge is 2.20. The van der Waals surface area contributed by atoms with Crippen molar-refractivity contribution in [3.63, 3.8) is 0 Å². The van der Waals surface area contributed by atoms with Crippen molar-refractivity contribution >= 4 is 11.8 Å². The molecule has 2 aromatic rings. The van der Waals surface area contributed by atoms with Gasteiger partial charge in [0, 0.05) is 12.7 Å². The van der Waals surface area contributed by atoms with Crippen LogP contribution in [0.3, 0.4) is 0 Å². The van der Waals surface area contributed by atoms with Crippen LogP contribution in [-0.2, 0) is 10.8 Å². The second-order valence-corrected chi connectivity index (χ2v) is 8.94. The molecule has 0 bridgehead atoms. The average Bonchev–Trinajstić information content (AvgIpc) is 2.65. The first-order valence-electron chi connectivity index (χ1n) is 9.92. The number of anilines is 1. The van der Waals surface area contributed by atoms with Crippen molar-refractivity contribution in [3.05, 3.63) is 96.1 Å². The van der Waals surface area contributed by atoms with Crippen LogP contribution in [0.4, 0.5) is 5.69 Å². The van der Waals surface area contributed by atoms with Crippen molar-refractivity contribution < 1.29 is 0 Å². The summed E-state index contributed by atoms with van der Waals surface area (Å²) in [5.41, 5.74) is 5.61. The molecule has 0 amide bonds. The molecular formula is C27H37N. The van der Waals surface area contributed by atoms with Crippen molar-refractivity contribution in [1.29, 1.82) is 0 Å². The molecule has 0 unspecified atom stereocenters. The molecule has 0 aromatic heterocycles. The molecule has 1 heteroatoms. The predicted molar refractivity (Wildman–Crippen MR) is 128 cm³/mol. The van der Waals surface area contributed by atoms with Crippen LogP contribution in [0.5, 0.6) is 0 Å². The first kappa shape index (κ1) is 23.5. The minimum Gasteiger partial charge on any atom is -0.388 e. The van der Waals surface area contributed by atoms with Gasteiger partial charge in [0.1, 0.15) is 0 Å². The molecule has 0 aliphatic heterocycles. The molecule has 28 heavy (non-hydrogen) atoms. The Balaban J connectivity index is 0.000000292. The Labute approximate surface area is 172 Å². The minimum atomic E-state index is 0.201. The fourth-order valence-electron chi connectivity index (χ4n) is 2.51. The van der Waals surface area contributed by atoms with E-state index in [-0.39, 0.29) is 10.8 Å². The van der Waals surface area contributed by atoms with Crippen LogP contribution in [0.15, 0.2) is 79.4 Å². The van der Waals surface area contributed by atoms with Gasteiger partial charge in [-0.15, -0.1) is 0 Å². The van der Waals surface area contributed by atoms with E-state index in [2.05, 4.69) is 89.8 Å². The summed E-state index contributed by atoms with van der Waals surface area (Å²) in [6, 6.07) is 17.0. The number of nitrogens with one attached hydrogen (secondary N) is 1. The van der Waals surface area contributed by atoms with E-state index in [1.807, 2.05) is 43.5 Å². The largest absolute Gasteiger partial charge is 0.388 e. The molecule has 0 heterocycles. The molecule has 0 aliphatic rings. The smallest absolute Gasteiger partial charge is 0.0343 e. The summed E-state index contributed by atoms with van der Waals surface area (Å²) in [4.78, 5) is 0. The summed E-state index contributed by atoms with van der Waals surface area (Å²) in [7, 11) is 1.98. The SMILES string of the molecule is C=C/C=C\C=C/c1ccccc1.CNc1cc(C(C)(C)C)cc(C(C)(C)C)c1. The highest BCUT2D eigenvalue weighted by atomic mass is 14.8. The quantitative estimate of drug-likeness (QED) is 0.538. The number of hydrogen-bond donors (Lipinski definition) is 1. The van der Waals surface area contributed by atoms with Crippen molar-refractivity contribution in [3.8, 4) is 0 Å². The Morgan fingerprint density at radius 3 is 1.71 bits per heavy atom. The predicted octanol–water partition coefficient (Wildman–Crippen LogP) is 7.77. The van der Waals surface area contributed by atoms with E-state index in [0.29, 0.717) is 0 Å². The first-order chi connectivity index (χ1) is 13.1. The van der Waals surface area contributed by atoms with Gasteiger partial charge < -0.3 is 5.32 Å². The molecule has 0 saturated carbocycles. The molecule has 2 rings (SSSR count). The average molecular weight is 376 g/mol. The first-order valence-corrected chi connectivity index (χ1v) is 9.92. The zero-order valence-corrected chi connectivity index (χ0v) is 18.7. The summed E-state index contributed by atoms with van der Waals surface area (Å²) < 4.78 is 0. The maximum atomic E-state index is 3.58. The van der Waals surface area contributed by atoms with Gasteiger partial charge in [-0.2, -0.15) is 0 Å². The molecule has 0 spiro atoms. The lowest BCUT2D eigenvalue weighted by molar-refractivity contribution is 0.569. The van der Waals surface area contributed by atoms with Gasteiger partial charge in [0.25, 0.3) is 0 Å². The molecule has 0 aliphatic carbocycles. The fraction of sp³-hybridized carbons (Fsp3) is 0.333. The van der Waals surface area contributed by atoms with Gasteiger partial charge in [-0.1, -0.05) is 115 Å². The van der Waals surface area contributed by atoms with Crippen LogP contribution < -0.4 is 5.32 Å². The lowest BCUT2D eigenvalue weighted by Crippen LogP contribution is -2.16. The van der Waals surface area contributed by atoms with E-state index >= 15 is 0 Å². The summed E-state index contributed by atoms with van der Waals surface area (Å²) in [6.45, 7) is 17.1. The number of benzene rings is 2. The third-order valence-electron chi connectivity index (χ3n) is 4.40. The van der Waals surface area contributed by atoms with E-state index in [1.54, 1.807) is 6.08 Å². The van der Waals surface area contributed by atoms with Gasteiger partial charge in [0.05, 0.1) is 0 Å². The fourth-order valence-corrected chi connectivity index (χ4v) is 2.51. The van der Waals surface area contributed by atoms with Crippen LogP contribution in [0.1, 0.15) is 58.2 Å². The number of hydrogen-bond acceptors (Lipinski definition) is 1. The molecular weight excluding hydrogens is 338 g/mol. The summed E-state index contributed by atoms with van der Waals surface area (Å²) >= 11 is 0. The monoisotopic (exact) mass is 375 g/mol. The Hall–Kier alpha value is -2.54. The maximum Gasteiger partial charge on any atom is 0.0343 e. The van der Waals surface area contributed by atoms with Crippen molar-refractivity contribution in [2.75, 3.05) is 12.4 Å². The Morgan fingerprint density at radius 2 is 1.29 bits per heavy atom. The maximum absolute atomic E-state index is 3.58. The molecule has 1 N–H and O–H groups in total. The number of rotatable bonds is 4. The number of allylic oxidation sites excluding steroid dienone is 4.